The van der Waals surface area contributed by atoms with E-state index in [1.165, 1.54) is 37.9 Å². The summed E-state index contributed by atoms with van der Waals surface area (Å²) in [6.07, 6.45) is 14.2. The number of rotatable bonds is 6. The summed E-state index contributed by atoms with van der Waals surface area (Å²) in [5.41, 5.74) is 12.0. The summed E-state index contributed by atoms with van der Waals surface area (Å²) in [7, 11) is 0. The number of fused-ring (bicyclic) bond motifs is 2. The van der Waals surface area contributed by atoms with E-state index in [0.29, 0.717) is 5.82 Å². The zero-order valence-corrected chi connectivity index (χ0v) is 29.8. The summed E-state index contributed by atoms with van der Waals surface area (Å²) in [5.74, 6) is 0.694. The standard InChI is InChI=1S/C51H37N3/c1-2-7-24-47(46-27-13-18-37-15-8-9-23-43(37)46)48-26-11-10-25-45(48)44(22-6-1)40-19-12-20-41(33-40)51-53-49(38-16-4-3-5-17-38)34-50(54-51)39-30-28-36(29-31-39)42-21-14-32-52-35-42/h1-21,23,25-35H,22,24H2/b6-1?,7-2?,45-44+,48-47+. The van der Waals surface area contributed by atoms with Crippen molar-refractivity contribution in [1.82, 2.24) is 15.0 Å². The minimum Gasteiger partial charge on any atom is -0.264 e. The molecule has 1 aliphatic carbocycles. The van der Waals surface area contributed by atoms with E-state index in [4.69, 9.17) is 9.97 Å². The van der Waals surface area contributed by atoms with E-state index < -0.39 is 0 Å². The van der Waals surface area contributed by atoms with E-state index >= 15 is 0 Å². The molecule has 6 aromatic carbocycles. The van der Waals surface area contributed by atoms with Gasteiger partial charge in [-0.25, -0.2) is 9.97 Å². The van der Waals surface area contributed by atoms with Gasteiger partial charge in [0, 0.05) is 29.1 Å². The Morgan fingerprint density at radius 2 is 1.00 bits per heavy atom. The number of benzene rings is 6. The molecule has 2 aromatic heterocycles. The van der Waals surface area contributed by atoms with Gasteiger partial charge in [0.15, 0.2) is 5.82 Å². The molecular formula is C51H37N3. The fraction of sp³-hybridized carbons (Fsp3) is 0.0392. The van der Waals surface area contributed by atoms with Crippen LogP contribution in [0.5, 0.6) is 0 Å². The van der Waals surface area contributed by atoms with Crippen LogP contribution in [0, 0.1) is 0 Å². The Hall–Kier alpha value is -6.97. The van der Waals surface area contributed by atoms with Crippen LogP contribution in [0.3, 0.4) is 0 Å². The molecule has 9 rings (SSSR count). The Morgan fingerprint density at radius 1 is 0.407 bits per heavy atom. The minimum absolute atomic E-state index is 0.694. The summed E-state index contributed by atoms with van der Waals surface area (Å²) in [6.45, 7) is 0. The maximum atomic E-state index is 5.21. The Kier molecular flexibility index (Phi) is 9.11. The number of aromatic nitrogens is 3. The fourth-order valence-corrected chi connectivity index (χ4v) is 7.47. The largest absolute Gasteiger partial charge is 0.264 e. The van der Waals surface area contributed by atoms with Gasteiger partial charge in [-0.05, 0) is 85.7 Å². The summed E-state index contributed by atoms with van der Waals surface area (Å²) in [6, 6.07) is 58.0. The fourth-order valence-electron chi connectivity index (χ4n) is 7.47. The van der Waals surface area contributed by atoms with Gasteiger partial charge in [0.1, 0.15) is 0 Å². The highest BCUT2D eigenvalue weighted by Gasteiger charge is 2.14. The molecule has 0 unspecified atom stereocenters. The van der Waals surface area contributed by atoms with Crippen molar-refractivity contribution in [1.29, 1.82) is 0 Å². The quantitative estimate of drug-likeness (QED) is 0.174. The topological polar surface area (TPSA) is 38.7 Å². The number of nitrogens with zero attached hydrogens (tertiary/aromatic N) is 3. The molecule has 0 aliphatic heterocycles. The van der Waals surface area contributed by atoms with Crippen LogP contribution in [0.1, 0.15) is 24.0 Å². The van der Waals surface area contributed by atoms with Crippen molar-refractivity contribution in [2.24, 2.45) is 0 Å². The van der Waals surface area contributed by atoms with Gasteiger partial charge in [0.25, 0.3) is 0 Å². The first-order valence-electron chi connectivity index (χ1n) is 18.5. The second kappa shape index (κ2) is 14.9. The zero-order chi connectivity index (χ0) is 36.1. The van der Waals surface area contributed by atoms with Crippen LogP contribution < -0.4 is 10.4 Å². The van der Waals surface area contributed by atoms with Gasteiger partial charge in [-0.1, -0.05) is 170 Å². The van der Waals surface area contributed by atoms with Crippen LogP contribution in [-0.2, 0) is 0 Å². The van der Waals surface area contributed by atoms with Gasteiger partial charge >= 0.3 is 0 Å². The third kappa shape index (κ3) is 6.71. The normalized spacial score (nSPS) is 14.8. The Bertz CT molecular complexity index is 2790. The lowest BCUT2D eigenvalue weighted by Crippen LogP contribution is -2.30. The van der Waals surface area contributed by atoms with Gasteiger partial charge in [-0.15, -0.1) is 0 Å². The van der Waals surface area contributed by atoms with Crippen LogP contribution in [-0.4, -0.2) is 15.0 Å². The molecule has 54 heavy (non-hydrogen) atoms. The molecule has 0 atom stereocenters. The molecule has 0 radical (unpaired) electrons. The summed E-state index contributed by atoms with van der Waals surface area (Å²) >= 11 is 0. The summed E-state index contributed by atoms with van der Waals surface area (Å²) in [4.78, 5) is 14.7. The zero-order valence-electron chi connectivity index (χ0n) is 29.8. The molecule has 1 aliphatic rings. The highest BCUT2D eigenvalue weighted by Crippen LogP contribution is 2.31. The maximum absolute atomic E-state index is 5.21. The lowest BCUT2D eigenvalue weighted by atomic mass is 9.90. The van der Waals surface area contributed by atoms with E-state index in [9.17, 15) is 0 Å². The monoisotopic (exact) mass is 691 g/mol. The first kappa shape index (κ1) is 32.9. The SMILES string of the molecule is C1=CC/C(c2cccc(-c3nc(-c4ccccc4)cc(-c4ccc(-c5cccnc5)cc4)n3)c2)=c2/cccc/c2=C(\c2cccc3ccccc23)CC=C1. The van der Waals surface area contributed by atoms with Gasteiger partial charge in [0.05, 0.1) is 11.4 Å². The summed E-state index contributed by atoms with van der Waals surface area (Å²) in [5, 5.41) is 5.02. The Labute approximate surface area is 315 Å². The van der Waals surface area contributed by atoms with Crippen LogP contribution >= 0.6 is 0 Å². The smallest absolute Gasteiger partial charge is 0.160 e. The third-order valence-electron chi connectivity index (χ3n) is 10.2. The van der Waals surface area contributed by atoms with Gasteiger partial charge in [-0.2, -0.15) is 0 Å². The molecule has 2 heterocycles. The third-order valence-corrected chi connectivity index (χ3v) is 10.2. The number of hydrogen-bond acceptors (Lipinski definition) is 3. The van der Waals surface area contributed by atoms with Crippen molar-refractivity contribution in [2.45, 2.75) is 12.8 Å². The molecule has 3 heteroatoms. The van der Waals surface area contributed by atoms with Crippen LogP contribution in [0.4, 0.5) is 0 Å². The van der Waals surface area contributed by atoms with Gasteiger partial charge < -0.3 is 0 Å². The Balaban J connectivity index is 1.21. The van der Waals surface area contributed by atoms with Crippen molar-refractivity contribution < 1.29 is 0 Å². The molecule has 0 bridgehead atoms. The average molecular weight is 692 g/mol. The maximum Gasteiger partial charge on any atom is 0.160 e. The lowest BCUT2D eigenvalue weighted by Gasteiger charge is -2.14. The first-order valence-corrected chi connectivity index (χ1v) is 18.5. The molecule has 256 valence electrons. The Morgan fingerprint density at radius 3 is 1.78 bits per heavy atom. The molecule has 0 fully saturated rings. The van der Waals surface area contributed by atoms with Crippen molar-refractivity contribution in [3.63, 3.8) is 0 Å². The molecule has 8 aromatic rings. The second-order valence-electron chi connectivity index (χ2n) is 13.5. The van der Waals surface area contributed by atoms with E-state index in [1.54, 1.807) is 6.20 Å². The molecule has 0 amide bonds. The van der Waals surface area contributed by atoms with Crippen LogP contribution in [0.25, 0.3) is 66.9 Å². The van der Waals surface area contributed by atoms with Crippen molar-refractivity contribution >= 4 is 21.9 Å². The van der Waals surface area contributed by atoms with Crippen molar-refractivity contribution in [2.75, 3.05) is 0 Å². The van der Waals surface area contributed by atoms with E-state index in [0.717, 1.165) is 57.6 Å². The van der Waals surface area contributed by atoms with Crippen molar-refractivity contribution in [3.05, 3.63) is 222 Å². The predicted octanol–water partition coefficient (Wildman–Crippen LogP) is 11.0. The first-order chi connectivity index (χ1) is 26.8. The number of pyridine rings is 1. The second-order valence-corrected chi connectivity index (χ2v) is 13.5. The van der Waals surface area contributed by atoms with Gasteiger partial charge in [0.2, 0.25) is 0 Å². The minimum atomic E-state index is 0.694. The van der Waals surface area contributed by atoms with Crippen LogP contribution in [0.15, 0.2) is 200 Å². The molecule has 0 saturated carbocycles. The molecule has 0 saturated heterocycles. The number of hydrogen-bond donors (Lipinski definition) is 0. The highest BCUT2D eigenvalue weighted by atomic mass is 14.9. The van der Waals surface area contributed by atoms with Gasteiger partial charge in [-0.3, -0.25) is 4.98 Å². The summed E-state index contributed by atoms with van der Waals surface area (Å²) < 4.78 is 0. The molecule has 0 spiro atoms. The average Bonchev–Trinajstić information content (AvgIpc) is 3.25. The predicted molar refractivity (Wildman–Crippen MR) is 224 cm³/mol. The number of allylic oxidation sites excluding steroid dienone is 4. The molecular weight excluding hydrogens is 655 g/mol. The highest BCUT2D eigenvalue weighted by molar-refractivity contribution is 5.94. The van der Waals surface area contributed by atoms with E-state index in [1.807, 2.05) is 18.3 Å². The van der Waals surface area contributed by atoms with Crippen molar-refractivity contribution in [3.8, 4) is 45.0 Å². The van der Waals surface area contributed by atoms with E-state index in [2.05, 4.69) is 181 Å². The molecule has 0 N–H and O–H groups in total. The molecule has 3 nitrogen and oxygen atoms in total. The lowest BCUT2D eigenvalue weighted by molar-refractivity contribution is 1.18. The van der Waals surface area contributed by atoms with Crippen LogP contribution in [0.2, 0.25) is 0 Å². The van der Waals surface area contributed by atoms with E-state index in [-0.39, 0.29) is 0 Å².